The van der Waals surface area contributed by atoms with Gasteiger partial charge in [0, 0.05) is 5.92 Å². The zero-order valence-corrected chi connectivity index (χ0v) is 8.96. The number of hydrogen-bond acceptors (Lipinski definition) is 3. The van der Waals surface area contributed by atoms with Crippen molar-refractivity contribution in [2.75, 3.05) is 0 Å². The first-order chi connectivity index (χ1) is 7.74. The highest BCUT2D eigenvalue weighted by molar-refractivity contribution is 5.80. The van der Waals surface area contributed by atoms with Crippen LogP contribution in [-0.4, -0.2) is 10.8 Å². The van der Waals surface area contributed by atoms with E-state index in [1.165, 1.54) is 0 Å². The molecule has 4 heteroatoms. The molecule has 0 radical (unpaired) electrons. The highest BCUT2D eigenvalue weighted by Gasteiger charge is 2.52. The fourth-order valence-electron chi connectivity index (χ4n) is 3.06. The van der Waals surface area contributed by atoms with Crippen LogP contribution < -0.4 is 0 Å². The van der Waals surface area contributed by atoms with Gasteiger partial charge >= 0.3 is 0 Å². The standard InChI is InChI=1S/C12H12N2O2/c1-7(15)10-6-11-8-4-2-3-5-9(8)12(10)14(11)13-16/h2-5,10-12H,6H2,1H3. The number of hydrogen-bond donors (Lipinski definition) is 0. The third-order valence-electron chi connectivity index (χ3n) is 3.75. The van der Waals surface area contributed by atoms with E-state index in [0.717, 1.165) is 17.5 Å². The van der Waals surface area contributed by atoms with Gasteiger partial charge in [-0.3, -0.25) is 4.79 Å². The molecule has 2 bridgehead atoms. The van der Waals surface area contributed by atoms with E-state index in [4.69, 9.17) is 0 Å². The van der Waals surface area contributed by atoms with E-state index in [0.29, 0.717) is 0 Å². The molecular formula is C12H12N2O2. The molecule has 0 amide bonds. The molecule has 2 aliphatic heterocycles. The summed E-state index contributed by atoms with van der Waals surface area (Å²) in [6.45, 7) is 1.59. The van der Waals surface area contributed by atoms with E-state index in [9.17, 15) is 9.70 Å². The molecule has 3 unspecified atom stereocenters. The smallest absolute Gasteiger partial charge is 0.135 e. The van der Waals surface area contributed by atoms with Gasteiger partial charge in [-0.2, -0.15) is 0 Å². The van der Waals surface area contributed by atoms with Crippen LogP contribution in [0.15, 0.2) is 29.6 Å². The molecule has 3 atom stereocenters. The second kappa shape index (κ2) is 3.14. The van der Waals surface area contributed by atoms with Crippen LogP contribution in [0, 0.1) is 10.8 Å². The van der Waals surface area contributed by atoms with Crippen molar-refractivity contribution >= 4 is 5.78 Å². The molecule has 1 aromatic rings. The maximum absolute atomic E-state index is 11.5. The quantitative estimate of drug-likeness (QED) is 0.713. The molecule has 0 spiro atoms. The molecular weight excluding hydrogens is 204 g/mol. The molecule has 3 rings (SSSR count). The SMILES string of the molecule is CC(=O)C1CC2c3ccccc3C1N2N=O. The summed E-state index contributed by atoms with van der Waals surface area (Å²) in [5, 5.41) is 4.64. The van der Waals surface area contributed by atoms with Gasteiger partial charge < -0.3 is 0 Å². The van der Waals surface area contributed by atoms with Gasteiger partial charge in [0.2, 0.25) is 0 Å². The lowest BCUT2D eigenvalue weighted by atomic mass is 9.82. The van der Waals surface area contributed by atoms with Crippen LogP contribution in [0.25, 0.3) is 0 Å². The Kier molecular flexibility index (Phi) is 1.87. The molecule has 0 N–H and O–H groups in total. The number of Topliss-reactive ketones (excluding diaryl/α,β-unsaturated/α-hetero) is 1. The number of benzene rings is 1. The van der Waals surface area contributed by atoms with Crippen molar-refractivity contribution in [3.8, 4) is 0 Å². The predicted octanol–water partition coefficient (Wildman–Crippen LogP) is 2.37. The molecule has 16 heavy (non-hydrogen) atoms. The minimum absolute atomic E-state index is 0.00704. The van der Waals surface area contributed by atoms with Gasteiger partial charge in [-0.05, 0) is 24.5 Å². The number of nitrogens with zero attached hydrogens (tertiary/aromatic N) is 2. The Bertz CT molecular complexity index is 470. The third kappa shape index (κ3) is 1.01. The molecule has 0 aliphatic carbocycles. The minimum atomic E-state index is -0.129. The lowest BCUT2D eigenvalue weighted by molar-refractivity contribution is -0.121. The molecule has 1 fully saturated rings. The van der Waals surface area contributed by atoms with Gasteiger partial charge in [0.1, 0.15) is 5.78 Å². The van der Waals surface area contributed by atoms with Crippen molar-refractivity contribution in [3.63, 3.8) is 0 Å². The van der Waals surface area contributed by atoms with Crippen LogP contribution in [0.3, 0.4) is 0 Å². The van der Waals surface area contributed by atoms with E-state index >= 15 is 0 Å². The number of carbonyl (C=O) groups is 1. The van der Waals surface area contributed by atoms with Crippen LogP contribution in [0.2, 0.25) is 0 Å². The first-order valence-electron chi connectivity index (χ1n) is 5.45. The molecule has 0 aromatic heterocycles. The van der Waals surface area contributed by atoms with Gasteiger partial charge in [-0.1, -0.05) is 24.3 Å². The summed E-state index contributed by atoms with van der Waals surface area (Å²) in [5.41, 5.74) is 2.25. The molecule has 4 nitrogen and oxygen atoms in total. The topological polar surface area (TPSA) is 49.7 Å². The van der Waals surface area contributed by atoms with Crippen LogP contribution in [0.1, 0.15) is 36.6 Å². The zero-order chi connectivity index (χ0) is 11.3. The second-order valence-corrected chi connectivity index (χ2v) is 4.50. The first-order valence-corrected chi connectivity index (χ1v) is 5.45. The van der Waals surface area contributed by atoms with E-state index < -0.39 is 0 Å². The number of fused-ring (bicyclic) bond motifs is 5. The summed E-state index contributed by atoms with van der Waals surface area (Å²) in [4.78, 5) is 22.4. The van der Waals surface area contributed by atoms with Gasteiger partial charge in [-0.25, -0.2) is 5.01 Å². The molecule has 2 aliphatic rings. The summed E-state index contributed by atoms with van der Waals surface area (Å²) in [6.07, 6.45) is 0.725. The lowest BCUT2D eigenvalue weighted by Crippen LogP contribution is -2.20. The maximum atomic E-state index is 11.5. The Balaban J connectivity index is 2.12. The fraction of sp³-hybridized carbons (Fsp3) is 0.417. The number of rotatable bonds is 2. The molecule has 2 heterocycles. The second-order valence-electron chi connectivity index (χ2n) is 4.50. The van der Waals surface area contributed by atoms with Gasteiger partial charge in [0.25, 0.3) is 0 Å². The predicted molar refractivity (Wildman–Crippen MR) is 58.3 cm³/mol. The fourth-order valence-corrected chi connectivity index (χ4v) is 3.06. The third-order valence-corrected chi connectivity index (χ3v) is 3.75. The number of ketones is 1. The van der Waals surface area contributed by atoms with E-state index in [-0.39, 0.29) is 23.8 Å². The first kappa shape index (κ1) is 9.51. The van der Waals surface area contributed by atoms with Crippen molar-refractivity contribution in [3.05, 3.63) is 40.3 Å². The van der Waals surface area contributed by atoms with Crippen LogP contribution in [0.4, 0.5) is 0 Å². The minimum Gasteiger partial charge on any atom is -0.300 e. The van der Waals surface area contributed by atoms with Gasteiger partial charge in [-0.15, -0.1) is 4.91 Å². The Morgan fingerprint density at radius 3 is 2.69 bits per heavy atom. The Hall–Kier alpha value is -1.71. The molecule has 0 saturated carbocycles. The monoisotopic (exact) mass is 216 g/mol. The largest absolute Gasteiger partial charge is 0.300 e. The summed E-state index contributed by atoms with van der Waals surface area (Å²) in [5.74, 6) is 0.0771. The zero-order valence-electron chi connectivity index (χ0n) is 8.96. The van der Waals surface area contributed by atoms with E-state index in [1.807, 2.05) is 24.3 Å². The Labute approximate surface area is 93.2 Å². The van der Waals surface area contributed by atoms with Gasteiger partial charge in [0.05, 0.1) is 17.4 Å². The molecule has 1 saturated heterocycles. The Morgan fingerprint density at radius 1 is 1.38 bits per heavy atom. The normalized spacial score (nSPS) is 30.3. The molecule has 1 aromatic carbocycles. The molecule has 82 valence electrons. The summed E-state index contributed by atoms with van der Waals surface area (Å²) in [7, 11) is 0. The average Bonchev–Trinajstić information content (AvgIpc) is 2.81. The van der Waals surface area contributed by atoms with Crippen molar-refractivity contribution < 1.29 is 4.79 Å². The lowest BCUT2D eigenvalue weighted by Gasteiger charge is -2.19. The van der Waals surface area contributed by atoms with Crippen molar-refractivity contribution in [1.82, 2.24) is 5.01 Å². The summed E-state index contributed by atoms with van der Waals surface area (Å²) >= 11 is 0. The maximum Gasteiger partial charge on any atom is 0.135 e. The number of nitroso groups, excluding NO2 is 1. The summed E-state index contributed by atoms with van der Waals surface area (Å²) in [6, 6.07) is 7.80. The van der Waals surface area contributed by atoms with Crippen molar-refractivity contribution in [2.24, 2.45) is 11.2 Å². The highest BCUT2D eigenvalue weighted by atomic mass is 16.3. The van der Waals surface area contributed by atoms with E-state index in [2.05, 4.69) is 5.29 Å². The van der Waals surface area contributed by atoms with Gasteiger partial charge in [0.15, 0.2) is 0 Å². The van der Waals surface area contributed by atoms with Crippen molar-refractivity contribution in [1.29, 1.82) is 0 Å². The number of carbonyl (C=O) groups excluding carboxylic acids is 1. The van der Waals surface area contributed by atoms with Crippen LogP contribution >= 0.6 is 0 Å². The van der Waals surface area contributed by atoms with Crippen molar-refractivity contribution in [2.45, 2.75) is 25.4 Å². The summed E-state index contributed by atoms with van der Waals surface area (Å²) < 4.78 is 0. The average molecular weight is 216 g/mol. The van der Waals surface area contributed by atoms with Crippen LogP contribution in [-0.2, 0) is 4.79 Å². The van der Waals surface area contributed by atoms with Crippen LogP contribution in [0.5, 0.6) is 0 Å². The van der Waals surface area contributed by atoms with E-state index in [1.54, 1.807) is 11.9 Å². The highest BCUT2D eigenvalue weighted by Crippen LogP contribution is 2.56. The Morgan fingerprint density at radius 2 is 2.06 bits per heavy atom.